The number of ether oxygens (including phenoxy) is 1. The van der Waals surface area contributed by atoms with E-state index >= 15 is 0 Å². The number of anilines is 1. The van der Waals surface area contributed by atoms with Crippen LogP contribution in [0, 0.1) is 16.0 Å². The summed E-state index contributed by atoms with van der Waals surface area (Å²) in [5.41, 5.74) is -0.0146. The van der Waals surface area contributed by atoms with Crippen molar-refractivity contribution < 1.29 is 19.2 Å². The Hall–Kier alpha value is -2.84. The van der Waals surface area contributed by atoms with Gasteiger partial charge in [0.1, 0.15) is 11.3 Å². The standard InChI is InChI=1S/C21H32N4O5/c1-15(2)8-9-22-17-7-6-16(14-18(17)25(28)29)19(26)23-10-12-24(13-11-23)20(27)30-21(3,4)5/h6-7,14-15,22H,8-13H2,1-5H3. The molecular formula is C21H32N4O5. The molecule has 0 unspecified atom stereocenters. The second kappa shape index (κ2) is 9.77. The lowest BCUT2D eigenvalue weighted by atomic mass is 10.1. The smallest absolute Gasteiger partial charge is 0.410 e. The molecule has 1 saturated heterocycles. The molecule has 1 aromatic carbocycles. The summed E-state index contributed by atoms with van der Waals surface area (Å²) in [5, 5.41) is 14.6. The fourth-order valence-corrected chi connectivity index (χ4v) is 3.06. The van der Waals surface area contributed by atoms with E-state index in [1.165, 1.54) is 6.07 Å². The molecule has 9 nitrogen and oxygen atoms in total. The molecule has 166 valence electrons. The molecule has 0 atom stereocenters. The molecule has 0 radical (unpaired) electrons. The Bertz CT molecular complexity index is 780. The maximum absolute atomic E-state index is 12.8. The number of hydrogen-bond acceptors (Lipinski definition) is 6. The van der Waals surface area contributed by atoms with E-state index in [4.69, 9.17) is 4.74 Å². The van der Waals surface area contributed by atoms with E-state index in [1.54, 1.807) is 42.7 Å². The van der Waals surface area contributed by atoms with E-state index in [2.05, 4.69) is 19.2 Å². The first-order valence-electron chi connectivity index (χ1n) is 10.3. The first-order valence-corrected chi connectivity index (χ1v) is 10.3. The van der Waals surface area contributed by atoms with Crippen molar-refractivity contribution >= 4 is 23.4 Å². The predicted molar refractivity (Wildman–Crippen MR) is 115 cm³/mol. The minimum absolute atomic E-state index is 0.114. The molecule has 0 saturated carbocycles. The number of hydrogen-bond donors (Lipinski definition) is 1. The quantitative estimate of drug-likeness (QED) is 0.555. The lowest BCUT2D eigenvalue weighted by molar-refractivity contribution is -0.384. The minimum atomic E-state index is -0.575. The van der Waals surface area contributed by atoms with Gasteiger partial charge < -0.3 is 19.9 Å². The maximum atomic E-state index is 12.8. The van der Waals surface area contributed by atoms with Crippen LogP contribution in [0.15, 0.2) is 18.2 Å². The van der Waals surface area contributed by atoms with E-state index in [0.29, 0.717) is 44.3 Å². The molecule has 9 heteroatoms. The third-order valence-corrected chi connectivity index (χ3v) is 4.70. The van der Waals surface area contributed by atoms with Gasteiger partial charge in [0.25, 0.3) is 11.6 Å². The average Bonchev–Trinajstić information content (AvgIpc) is 2.66. The van der Waals surface area contributed by atoms with Crippen LogP contribution in [0.2, 0.25) is 0 Å². The van der Waals surface area contributed by atoms with Crippen molar-refractivity contribution in [2.45, 2.75) is 46.6 Å². The summed E-state index contributed by atoms with van der Waals surface area (Å²) < 4.78 is 5.36. The summed E-state index contributed by atoms with van der Waals surface area (Å²) in [6.45, 7) is 11.6. The van der Waals surface area contributed by atoms with Crippen molar-refractivity contribution in [2.24, 2.45) is 5.92 Å². The number of benzene rings is 1. The molecule has 0 bridgehead atoms. The summed E-state index contributed by atoms with van der Waals surface area (Å²) in [6.07, 6.45) is 0.488. The second-order valence-corrected chi connectivity index (χ2v) is 8.86. The fraction of sp³-hybridized carbons (Fsp3) is 0.619. The van der Waals surface area contributed by atoms with Crippen molar-refractivity contribution in [3.05, 3.63) is 33.9 Å². The number of carbonyl (C=O) groups is 2. The molecule has 0 aromatic heterocycles. The minimum Gasteiger partial charge on any atom is -0.444 e. The van der Waals surface area contributed by atoms with E-state index in [9.17, 15) is 19.7 Å². The van der Waals surface area contributed by atoms with Crippen LogP contribution in [0.25, 0.3) is 0 Å². The number of nitrogens with zero attached hydrogens (tertiary/aromatic N) is 3. The van der Waals surface area contributed by atoms with E-state index in [-0.39, 0.29) is 17.2 Å². The molecule has 1 N–H and O–H groups in total. The van der Waals surface area contributed by atoms with Crippen LogP contribution in [-0.4, -0.2) is 65.0 Å². The Balaban J connectivity index is 2.02. The zero-order valence-corrected chi connectivity index (χ0v) is 18.4. The molecule has 1 heterocycles. The fourth-order valence-electron chi connectivity index (χ4n) is 3.06. The predicted octanol–water partition coefficient (Wildman–Crippen LogP) is 3.75. The molecular weight excluding hydrogens is 388 g/mol. The summed E-state index contributed by atoms with van der Waals surface area (Å²) >= 11 is 0. The lowest BCUT2D eigenvalue weighted by Gasteiger charge is -2.35. The van der Waals surface area contributed by atoms with Crippen LogP contribution >= 0.6 is 0 Å². The molecule has 2 amide bonds. The molecule has 30 heavy (non-hydrogen) atoms. The highest BCUT2D eigenvalue weighted by Crippen LogP contribution is 2.26. The first kappa shape index (κ1) is 23.4. The Morgan fingerprint density at radius 2 is 1.77 bits per heavy atom. The monoisotopic (exact) mass is 420 g/mol. The summed E-state index contributed by atoms with van der Waals surface area (Å²) in [7, 11) is 0. The normalized spacial score (nSPS) is 14.6. The van der Waals surface area contributed by atoms with Crippen molar-refractivity contribution in [1.82, 2.24) is 9.80 Å². The Morgan fingerprint density at radius 3 is 2.30 bits per heavy atom. The van der Waals surface area contributed by atoms with Gasteiger partial charge in [0.05, 0.1) is 4.92 Å². The molecule has 1 fully saturated rings. The van der Waals surface area contributed by atoms with Gasteiger partial charge in [0.15, 0.2) is 0 Å². The molecule has 0 spiro atoms. The van der Waals surface area contributed by atoms with Crippen LogP contribution in [0.5, 0.6) is 0 Å². The molecule has 0 aliphatic carbocycles. The van der Waals surface area contributed by atoms with Crippen LogP contribution in [0.1, 0.15) is 51.4 Å². The van der Waals surface area contributed by atoms with Crippen molar-refractivity contribution in [1.29, 1.82) is 0 Å². The lowest BCUT2D eigenvalue weighted by Crippen LogP contribution is -2.51. The average molecular weight is 421 g/mol. The number of carbonyl (C=O) groups excluding carboxylic acids is 2. The number of piperazine rings is 1. The van der Waals surface area contributed by atoms with Crippen LogP contribution in [0.3, 0.4) is 0 Å². The Labute approximate surface area is 177 Å². The van der Waals surface area contributed by atoms with Gasteiger partial charge in [-0.2, -0.15) is 0 Å². The van der Waals surface area contributed by atoms with Crippen LogP contribution < -0.4 is 5.32 Å². The summed E-state index contributed by atoms with van der Waals surface area (Å²) in [6, 6.07) is 4.51. The van der Waals surface area contributed by atoms with Gasteiger partial charge in [-0.15, -0.1) is 0 Å². The van der Waals surface area contributed by atoms with Gasteiger partial charge in [0.2, 0.25) is 0 Å². The highest BCUT2D eigenvalue weighted by molar-refractivity contribution is 5.96. The highest BCUT2D eigenvalue weighted by atomic mass is 16.6. The number of nitrogens with one attached hydrogen (secondary N) is 1. The van der Waals surface area contributed by atoms with Crippen molar-refractivity contribution in [3.63, 3.8) is 0 Å². The SMILES string of the molecule is CC(C)CCNc1ccc(C(=O)N2CCN(C(=O)OC(C)(C)C)CC2)cc1[N+](=O)[O-]. The van der Waals surface area contributed by atoms with E-state index in [0.717, 1.165) is 6.42 Å². The summed E-state index contributed by atoms with van der Waals surface area (Å²) in [5.74, 6) is 0.201. The molecule has 2 rings (SSSR count). The van der Waals surface area contributed by atoms with Crippen molar-refractivity contribution in [2.75, 3.05) is 38.0 Å². The van der Waals surface area contributed by atoms with Crippen molar-refractivity contribution in [3.8, 4) is 0 Å². The van der Waals surface area contributed by atoms with E-state index in [1.807, 2.05) is 0 Å². The molecule has 1 aromatic rings. The largest absolute Gasteiger partial charge is 0.444 e. The van der Waals surface area contributed by atoms with Gasteiger partial charge in [-0.1, -0.05) is 13.8 Å². The van der Waals surface area contributed by atoms with Gasteiger partial charge in [0, 0.05) is 44.4 Å². The Kier molecular flexibility index (Phi) is 7.64. The van der Waals surface area contributed by atoms with E-state index < -0.39 is 16.6 Å². The highest BCUT2D eigenvalue weighted by Gasteiger charge is 2.29. The third kappa shape index (κ3) is 6.60. The van der Waals surface area contributed by atoms with Gasteiger partial charge in [-0.3, -0.25) is 14.9 Å². The number of nitro benzene ring substituents is 1. The third-order valence-electron chi connectivity index (χ3n) is 4.70. The van der Waals surface area contributed by atoms with Crippen LogP contribution in [0.4, 0.5) is 16.2 Å². The summed E-state index contributed by atoms with van der Waals surface area (Å²) in [4.78, 5) is 39.2. The maximum Gasteiger partial charge on any atom is 0.410 e. The number of rotatable bonds is 6. The number of nitro groups is 1. The second-order valence-electron chi connectivity index (χ2n) is 8.86. The van der Waals surface area contributed by atoms with Crippen LogP contribution in [-0.2, 0) is 4.74 Å². The van der Waals surface area contributed by atoms with Gasteiger partial charge >= 0.3 is 6.09 Å². The molecule has 1 aliphatic rings. The topological polar surface area (TPSA) is 105 Å². The van der Waals surface area contributed by atoms with Gasteiger partial charge in [-0.05, 0) is 45.2 Å². The number of amides is 2. The first-order chi connectivity index (χ1) is 14.0. The zero-order valence-electron chi connectivity index (χ0n) is 18.4. The molecule has 1 aliphatic heterocycles. The zero-order chi connectivity index (χ0) is 22.5. The van der Waals surface area contributed by atoms with Gasteiger partial charge in [-0.25, -0.2) is 4.79 Å². The Morgan fingerprint density at radius 1 is 1.17 bits per heavy atom.